The molecule has 3 rings (SSSR count). The molecule has 0 atom stereocenters. The van der Waals surface area contributed by atoms with Gasteiger partial charge in [0.05, 0.1) is 12.3 Å². The summed E-state index contributed by atoms with van der Waals surface area (Å²) in [6.07, 6.45) is 0. The Morgan fingerprint density at radius 3 is 2.57 bits per heavy atom. The molecule has 0 saturated carbocycles. The maximum atomic E-state index is 12.7. The topological polar surface area (TPSA) is 92.2 Å². The van der Waals surface area contributed by atoms with E-state index in [1.165, 1.54) is 0 Å². The van der Waals surface area contributed by atoms with Crippen molar-refractivity contribution in [2.75, 3.05) is 11.9 Å². The number of benzene rings is 2. The zero-order valence-electron chi connectivity index (χ0n) is 17.5. The summed E-state index contributed by atoms with van der Waals surface area (Å²) in [5.74, 6) is 1.000. The molecular weight excluding hydrogens is 400 g/mol. The van der Waals surface area contributed by atoms with Gasteiger partial charge in [0.2, 0.25) is 5.91 Å². The Balaban J connectivity index is 1.82. The van der Waals surface area contributed by atoms with Crippen molar-refractivity contribution in [2.24, 2.45) is 0 Å². The van der Waals surface area contributed by atoms with Gasteiger partial charge in [-0.05, 0) is 66.5 Å². The molecule has 0 aliphatic carbocycles. The monoisotopic (exact) mass is 426 g/mol. The zero-order valence-corrected chi connectivity index (χ0v) is 18.3. The van der Waals surface area contributed by atoms with Crippen molar-refractivity contribution in [2.45, 2.75) is 39.7 Å². The molecule has 30 heavy (non-hydrogen) atoms. The van der Waals surface area contributed by atoms with Crippen LogP contribution in [0.1, 0.15) is 33.3 Å². The highest BCUT2D eigenvalue weighted by molar-refractivity contribution is 7.71. The van der Waals surface area contributed by atoms with E-state index in [0.717, 1.165) is 16.9 Å². The number of nitrogens with one attached hydrogen (secondary N) is 2. The third kappa shape index (κ3) is 4.88. The lowest BCUT2D eigenvalue weighted by Gasteiger charge is -2.20. The molecule has 8 heteroatoms. The quantitative estimate of drug-likeness (QED) is 0.394. The first-order valence-corrected chi connectivity index (χ1v) is 10.1. The van der Waals surface area contributed by atoms with Crippen molar-refractivity contribution < 1.29 is 14.6 Å². The van der Waals surface area contributed by atoms with E-state index in [9.17, 15) is 9.90 Å². The average Bonchev–Trinajstić information content (AvgIpc) is 3.04. The number of nitrogens with zero attached hydrogens (tertiary/aromatic N) is 2. The van der Waals surface area contributed by atoms with Gasteiger partial charge >= 0.3 is 0 Å². The van der Waals surface area contributed by atoms with Crippen LogP contribution in [0.15, 0.2) is 42.5 Å². The van der Waals surface area contributed by atoms with Crippen LogP contribution in [0.5, 0.6) is 11.5 Å². The van der Waals surface area contributed by atoms with Crippen molar-refractivity contribution in [1.82, 2.24) is 14.8 Å². The third-order valence-corrected chi connectivity index (χ3v) is 4.93. The van der Waals surface area contributed by atoms with Gasteiger partial charge in [-0.3, -0.25) is 14.5 Å². The van der Waals surface area contributed by atoms with Crippen LogP contribution >= 0.6 is 12.2 Å². The second-order valence-corrected chi connectivity index (χ2v) is 8.31. The van der Waals surface area contributed by atoms with Crippen LogP contribution in [-0.2, 0) is 16.8 Å². The SMILES string of the molecule is CCOc1ccc(-c2n[nH]c(=S)n2CC(=O)Nc2cc(C(C)(C)C)ccc2O)cc1. The molecule has 1 aromatic heterocycles. The first kappa shape index (κ1) is 21.6. The molecule has 0 unspecified atom stereocenters. The number of ether oxygens (including phenoxy) is 1. The fourth-order valence-electron chi connectivity index (χ4n) is 2.99. The summed E-state index contributed by atoms with van der Waals surface area (Å²) in [6.45, 7) is 8.67. The molecular formula is C22H26N4O3S. The Morgan fingerprint density at radius 1 is 1.23 bits per heavy atom. The Hall–Kier alpha value is -3.13. The van der Waals surface area contributed by atoms with Gasteiger partial charge in [-0.2, -0.15) is 5.10 Å². The molecule has 0 saturated heterocycles. The molecule has 0 bridgehead atoms. The van der Waals surface area contributed by atoms with Crippen LogP contribution in [0.4, 0.5) is 5.69 Å². The largest absolute Gasteiger partial charge is 0.506 e. The third-order valence-electron chi connectivity index (χ3n) is 4.62. The molecule has 0 aliphatic heterocycles. The van der Waals surface area contributed by atoms with E-state index in [2.05, 4.69) is 36.3 Å². The Bertz CT molecular complexity index is 1090. The lowest BCUT2D eigenvalue weighted by molar-refractivity contribution is -0.116. The van der Waals surface area contributed by atoms with E-state index >= 15 is 0 Å². The number of aromatic amines is 1. The fraction of sp³-hybridized carbons (Fsp3) is 0.318. The summed E-state index contributed by atoms with van der Waals surface area (Å²) in [5, 5.41) is 19.9. The Morgan fingerprint density at radius 2 is 1.93 bits per heavy atom. The van der Waals surface area contributed by atoms with E-state index < -0.39 is 0 Å². The number of amides is 1. The number of phenols is 1. The molecule has 2 aromatic carbocycles. The molecule has 158 valence electrons. The number of H-pyrrole nitrogens is 1. The number of anilines is 1. The Labute approximate surface area is 180 Å². The summed E-state index contributed by atoms with van der Waals surface area (Å²) in [5.41, 5.74) is 2.06. The standard InChI is InChI=1S/C22H26N4O3S/c1-5-29-16-9-6-14(7-10-16)20-24-25-21(30)26(20)13-19(28)23-17-12-15(22(2,3)4)8-11-18(17)27/h6-12,27H,5,13H2,1-4H3,(H,23,28)(H,25,30). The minimum atomic E-state index is -0.318. The minimum Gasteiger partial charge on any atom is -0.506 e. The number of carbonyl (C=O) groups excluding carboxylic acids is 1. The van der Waals surface area contributed by atoms with E-state index in [4.69, 9.17) is 17.0 Å². The highest BCUT2D eigenvalue weighted by atomic mass is 32.1. The van der Waals surface area contributed by atoms with Gasteiger partial charge in [-0.15, -0.1) is 0 Å². The molecule has 0 aliphatic rings. The number of phenolic OH excluding ortho intramolecular Hbond substituents is 1. The van der Waals surface area contributed by atoms with Crippen LogP contribution in [0.3, 0.4) is 0 Å². The number of carbonyl (C=O) groups is 1. The second-order valence-electron chi connectivity index (χ2n) is 7.93. The van der Waals surface area contributed by atoms with Crippen molar-refractivity contribution in [1.29, 1.82) is 0 Å². The molecule has 3 N–H and O–H groups in total. The summed E-state index contributed by atoms with van der Waals surface area (Å²) < 4.78 is 7.42. The van der Waals surface area contributed by atoms with E-state index in [1.54, 1.807) is 16.7 Å². The number of hydrogen-bond acceptors (Lipinski definition) is 5. The summed E-state index contributed by atoms with van der Waals surface area (Å²) in [6, 6.07) is 12.6. The van der Waals surface area contributed by atoms with E-state index in [-0.39, 0.29) is 23.6 Å². The van der Waals surface area contributed by atoms with E-state index in [0.29, 0.717) is 22.9 Å². The lowest BCUT2D eigenvalue weighted by Crippen LogP contribution is -2.20. The number of aromatic hydroxyl groups is 1. The fourth-order valence-corrected chi connectivity index (χ4v) is 3.18. The molecule has 0 spiro atoms. The van der Waals surface area contributed by atoms with Gasteiger partial charge in [0, 0.05) is 5.56 Å². The average molecular weight is 427 g/mol. The normalized spacial score (nSPS) is 11.3. The maximum absolute atomic E-state index is 12.7. The van der Waals surface area contributed by atoms with Gasteiger partial charge in [0.15, 0.2) is 10.6 Å². The van der Waals surface area contributed by atoms with Gasteiger partial charge in [-0.1, -0.05) is 26.8 Å². The van der Waals surface area contributed by atoms with Gasteiger partial charge < -0.3 is 15.2 Å². The molecule has 0 fully saturated rings. The first-order chi connectivity index (χ1) is 14.2. The Kier molecular flexibility index (Phi) is 6.26. The van der Waals surface area contributed by atoms with E-state index in [1.807, 2.05) is 37.3 Å². The van der Waals surface area contributed by atoms with Gasteiger partial charge in [-0.25, -0.2) is 0 Å². The summed E-state index contributed by atoms with van der Waals surface area (Å²) in [7, 11) is 0. The van der Waals surface area contributed by atoms with Gasteiger partial charge in [0.1, 0.15) is 18.0 Å². The predicted molar refractivity (Wildman–Crippen MR) is 119 cm³/mol. The van der Waals surface area contributed by atoms with Crippen molar-refractivity contribution in [3.8, 4) is 22.9 Å². The summed E-state index contributed by atoms with van der Waals surface area (Å²) >= 11 is 5.31. The summed E-state index contributed by atoms with van der Waals surface area (Å²) in [4.78, 5) is 12.7. The van der Waals surface area contributed by atoms with Crippen LogP contribution in [-0.4, -0.2) is 32.4 Å². The van der Waals surface area contributed by atoms with Crippen molar-refractivity contribution >= 4 is 23.8 Å². The number of rotatable bonds is 6. The smallest absolute Gasteiger partial charge is 0.244 e. The highest BCUT2D eigenvalue weighted by Crippen LogP contribution is 2.31. The molecule has 3 aromatic rings. The molecule has 1 heterocycles. The lowest BCUT2D eigenvalue weighted by atomic mass is 9.87. The highest BCUT2D eigenvalue weighted by Gasteiger charge is 2.18. The molecule has 1 amide bonds. The minimum absolute atomic E-state index is 0.0128. The number of aromatic nitrogens is 3. The van der Waals surface area contributed by atoms with Gasteiger partial charge in [0.25, 0.3) is 0 Å². The van der Waals surface area contributed by atoms with Crippen molar-refractivity contribution in [3.05, 3.63) is 52.8 Å². The molecule has 7 nitrogen and oxygen atoms in total. The predicted octanol–water partition coefficient (Wildman–Crippen LogP) is 4.65. The molecule has 0 radical (unpaired) electrons. The van der Waals surface area contributed by atoms with Crippen LogP contribution in [0, 0.1) is 4.77 Å². The number of hydrogen-bond donors (Lipinski definition) is 3. The second kappa shape index (κ2) is 8.71. The first-order valence-electron chi connectivity index (χ1n) is 9.71. The van der Waals surface area contributed by atoms with Crippen LogP contribution in [0.25, 0.3) is 11.4 Å². The van der Waals surface area contributed by atoms with Crippen molar-refractivity contribution in [3.63, 3.8) is 0 Å². The zero-order chi connectivity index (χ0) is 21.9. The van der Waals surface area contributed by atoms with Crippen LogP contribution in [0.2, 0.25) is 0 Å². The maximum Gasteiger partial charge on any atom is 0.244 e. The van der Waals surface area contributed by atoms with Crippen LogP contribution < -0.4 is 10.1 Å².